The first-order chi connectivity index (χ1) is 7.74. The Balaban J connectivity index is 2.41. The third kappa shape index (κ3) is 1.91. The van der Waals surface area contributed by atoms with Gasteiger partial charge in [-0.15, -0.1) is 0 Å². The number of aromatic nitrogens is 2. The minimum atomic E-state index is -0.437. The number of imidazole rings is 1. The van der Waals surface area contributed by atoms with E-state index in [1.54, 1.807) is 0 Å². The van der Waals surface area contributed by atoms with Crippen LogP contribution in [0.1, 0.15) is 29.5 Å². The molecule has 0 aliphatic heterocycles. The second-order valence-corrected chi connectivity index (χ2v) is 3.68. The van der Waals surface area contributed by atoms with Gasteiger partial charge in [0.2, 0.25) is 5.82 Å². The summed E-state index contributed by atoms with van der Waals surface area (Å²) >= 11 is 0. The Morgan fingerprint density at radius 3 is 3.00 bits per heavy atom. The molecule has 1 aromatic heterocycles. The highest BCUT2D eigenvalue weighted by Gasteiger charge is 2.11. The minimum Gasteiger partial charge on any atom is -0.463 e. The van der Waals surface area contributed by atoms with Crippen molar-refractivity contribution in [3.05, 3.63) is 29.6 Å². The number of aryl methyl sites for hydroxylation is 1. The summed E-state index contributed by atoms with van der Waals surface area (Å²) in [7, 11) is 1.35. The summed E-state index contributed by atoms with van der Waals surface area (Å²) in [5.74, 6) is -0.181. The zero-order valence-electron chi connectivity index (χ0n) is 9.41. The van der Waals surface area contributed by atoms with Gasteiger partial charge in [0.25, 0.3) is 0 Å². The third-order valence-electron chi connectivity index (χ3n) is 2.46. The van der Waals surface area contributed by atoms with E-state index in [1.165, 1.54) is 12.7 Å². The quantitative estimate of drug-likeness (QED) is 0.804. The number of esters is 1. The zero-order valence-corrected chi connectivity index (χ0v) is 9.41. The van der Waals surface area contributed by atoms with Gasteiger partial charge in [-0.05, 0) is 24.1 Å². The molecule has 0 aliphatic rings. The van der Waals surface area contributed by atoms with Crippen LogP contribution < -0.4 is 0 Å². The van der Waals surface area contributed by atoms with Crippen molar-refractivity contribution in [3.8, 4) is 0 Å². The molecule has 0 saturated heterocycles. The number of carbonyl (C=O) groups is 1. The van der Waals surface area contributed by atoms with Crippen molar-refractivity contribution in [2.45, 2.75) is 19.8 Å². The van der Waals surface area contributed by atoms with Crippen molar-refractivity contribution in [3.63, 3.8) is 0 Å². The van der Waals surface area contributed by atoms with Gasteiger partial charge in [-0.2, -0.15) is 0 Å². The number of hydrogen-bond donors (Lipinski definition) is 1. The molecule has 84 valence electrons. The molecule has 16 heavy (non-hydrogen) atoms. The maximum absolute atomic E-state index is 11.3. The van der Waals surface area contributed by atoms with Gasteiger partial charge in [0.15, 0.2) is 0 Å². The molecule has 0 radical (unpaired) electrons. The minimum absolute atomic E-state index is 0.256. The van der Waals surface area contributed by atoms with Crippen LogP contribution in [0.15, 0.2) is 18.2 Å². The Morgan fingerprint density at radius 1 is 1.50 bits per heavy atom. The number of aromatic amines is 1. The first kappa shape index (κ1) is 10.7. The summed E-state index contributed by atoms with van der Waals surface area (Å²) < 4.78 is 4.61. The van der Waals surface area contributed by atoms with E-state index in [2.05, 4.69) is 21.6 Å². The highest BCUT2D eigenvalue weighted by molar-refractivity contribution is 5.90. The highest BCUT2D eigenvalue weighted by atomic mass is 16.5. The molecule has 0 aliphatic carbocycles. The molecule has 1 heterocycles. The predicted octanol–water partition coefficient (Wildman–Crippen LogP) is 2.30. The van der Waals surface area contributed by atoms with Crippen molar-refractivity contribution in [2.24, 2.45) is 0 Å². The Labute approximate surface area is 93.6 Å². The number of fused-ring (bicyclic) bond motifs is 1. The van der Waals surface area contributed by atoms with Crippen LogP contribution in [-0.4, -0.2) is 23.0 Å². The molecule has 2 aromatic rings. The fraction of sp³-hybridized carbons (Fsp3) is 0.333. The molecule has 0 bridgehead atoms. The number of H-pyrrole nitrogens is 1. The summed E-state index contributed by atoms with van der Waals surface area (Å²) in [5, 5.41) is 0. The maximum atomic E-state index is 11.3. The average molecular weight is 218 g/mol. The lowest BCUT2D eigenvalue weighted by Crippen LogP contribution is -2.02. The standard InChI is InChI=1S/C12H14N2O2/c1-3-4-8-5-6-9-10(7-8)14-11(13-9)12(15)16-2/h5-7H,3-4H2,1-2H3,(H,13,14). The summed E-state index contributed by atoms with van der Waals surface area (Å²) in [5.41, 5.74) is 2.92. The number of benzene rings is 1. The van der Waals surface area contributed by atoms with Gasteiger partial charge in [0.1, 0.15) is 0 Å². The summed E-state index contributed by atoms with van der Waals surface area (Å²) in [6, 6.07) is 5.98. The van der Waals surface area contributed by atoms with Crippen LogP contribution in [0.5, 0.6) is 0 Å². The largest absolute Gasteiger partial charge is 0.463 e. The van der Waals surface area contributed by atoms with E-state index in [-0.39, 0.29) is 5.82 Å². The van der Waals surface area contributed by atoms with Crippen LogP contribution in [-0.2, 0) is 11.2 Å². The second kappa shape index (κ2) is 4.35. The maximum Gasteiger partial charge on any atom is 0.374 e. The second-order valence-electron chi connectivity index (χ2n) is 3.68. The van der Waals surface area contributed by atoms with Gasteiger partial charge < -0.3 is 9.72 Å². The van der Waals surface area contributed by atoms with Crippen LogP contribution >= 0.6 is 0 Å². The Morgan fingerprint density at radius 2 is 2.31 bits per heavy atom. The first-order valence-corrected chi connectivity index (χ1v) is 5.31. The number of carbonyl (C=O) groups excluding carboxylic acids is 1. The number of nitrogens with zero attached hydrogens (tertiary/aromatic N) is 1. The van der Waals surface area contributed by atoms with E-state index in [0.29, 0.717) is 0 Å². The van der Waals surface area contributed by atoms with E-state index >= 15 is 0 Å². The molecule has 0 spiro atoms. The number of methoxy groups -OCH3 is 1. The lowest BCUT2D eigenvalue weighted by atomic mass is 10.1. The molecule has 2 rings (SSSR count). The van der Waals surface area contributed by atoms with Crippen molar-refractivity contribution in [2.75, 3.05) is 7.11 Å². The lowest BCUT2D eigenvalue weighted by molar-refractivity contribution is 0.0588. The number of hydrogen-bond acceptors (Lipinski definition) is 3. The summed E-state index contributed by atoms with van der Waals surface area (Å²) in [6.07, 6.45) is 2.13. The molecular weight excluding hydrogens is 204 g/mol. The van der Waals surface area contributed by atoms with Gasteiger partial charge in [0.05, 0.1) is 18.1 Å². The average Bonchev–Trinajstić information content (AvgIpc) is 2.71. The molecular formula is C12H14N2O2. The monoisotopic (exact) mass is 218 g/mol. The van der Waals surface area contributed by atoms with E-state index < -0.39 is 5.97 Å². The molecule has 0 atom stereocenters. The van der Waals surface area contributed by atoms with E-state index in [9.17, 15) is 4.79 Å². The van der Waals surface area contributed by atoms with E-state index in [4.69, 9.17) is 0 Å². The zero-order chi connectivity index (χ0) is 11.5. The van der Waals surface area contributed by atoms with Gasteiger partial charge in [-0.1, -0.05) is 19.4 Å². The molecule has 1 aromatic carbocycles. The third-order valence-corrected chi connectivity index (χ3v) is 2.46. The van der Waals surface area contributed by atoms with Gasteiger partial charge in [0, 0.05) is 0 Å². The van der Waals surface area contributed by atoms with Crippen LogP contribution in [0.3, 0.4) is 0 Å². The molecule has 0 fully saturated rings. The van der Waals surface area contributed by atoms with E-state index in [0.717, 1.165) is 23.9 Å². The van der Waals surface area contributed by atoms with Crippen LogP contribution in [0.2, 0.25) is 0 Å². The van der Waals surface area contributed by atoms with Crippen LogP contribution in [0.4, 0.5) is 0 Å². The molecule has 0 saturated carbocycles. The fourth-order valence-electron chi connectivity index (χ4n) is 1.69. The molecule has 1 N–H and O–H groups in total. The SMILES string of the molecule is CCCc1ccc2nc(C(=O)OC)[nH]c2c1. The molecule has 4 nitrogen and oxygen atoms in total. The van der Waals surface area contributed by atoms with Crippen molar-refractivity contribution >= 4 is 17.0 Å². The van der Waals surface area contributed by atoms with Crippen molar-refractivity contribution < 1.29 is 9.53 Å². The predicted molar refractivity (Wildman–Crippen MR) is 61.4 cm³/mol. The molecule has 0 unspecified atom stereocenters. The van der Waals surface area contributed by atoms with Crippen LogP contribution in [0, 0.1) is 0 Å². The normalized spacial score (nSPS) is 10.6. The van der Waals surface area contributed by atoms with Gasteiger partial charge in [-0.25, -0.2) is 9.78 Å². The Hall–Kier alpha value is -1.84. The number of ether oxygens (including phenoxy) is 1. The van der Waals surface area contributed by atoms with Crippen molar-refractivity contribution in [1.29, 1.82) is 0 Å². The summed E-state index contributed by atoms with van der Waals surface area (Å²) in [6.45, 7) is 2.14. The smallest absolute Gasteiger partial charge is 0.374 e. The van der Waals surface area contributed by atoms with Crippen LogP contribution in [0.25, 0.3) is 11.0 Å². The Bertz CT molecular complexity index is 517. The Kier molecular flexibility index (Phi) is 2.90. The van der Waals surface area contributed by atoms with Gasteiger partial charge >= 0.3 is 5.97 Å². The topological polar surface area (TPSA) is 55.0 Å². The van der Waals surface area contributed by atoms with E-state index in [1.807, 2.05) is 18.2 Å². The highest BCUT2D eigenvalue weighted by Crippen LogP contribution is 2.15. The van der Waals surface area contributed by atoms with Crippen molar-refractivity contribution in [1.82, 2.24) is 9.97 Å². The summed E-state index contributed by atoms with van der Waals surface area (Å²) in [4.78, 5) is 18.4. The number of nitrogens with one attached hydrogen (secondary N) is 1. The lowest BCUT2D eigenvalue weighted by Gasteiger charge is -1.96. The molecule has 4 heteroatoms. The fourth-order valence-corrected chi connectivity index (χ4v) is 1.69. The number of rotatable bonds is 3. The van der Waals surface area contributed by atoms with Gasteiger partial charge in [-0.3, -0.25) is 0 Å². The first-order valence-electron chi connectivity index (χ1n) is 5.31. The molecule has 0 amide bonds.